The fourth-order valence-corrected chi connectivity index (χ4v) is 5.06. The van der Waals surface area contributed by atoms with E-state index in [2.05, 4.69) is 65.8 Å². The van der Waals surface area contributed by atoms with Gasteiger partial charge in [-0.1, -0.05) is 19.1 Å². The molecule has 0 bridgehead atoms. The second kappa shape index (κ2) is 23.4. The number of phenolic OH excluding ortho intramolecular Hbond substituents is 1. The van der Waals surface area contributed by atoms with Crippen molar-refractivity contribution in [1.29, 1.82) is 10.5 Å². The summed E-state index contributed by atoms with van der Waals surface area (Å²) >= 11 is 0. The first-order valence-electron chi connectivity index (χ1n) is 18.2. The van der Waals surface area contributed by atoms with Crippen molar-refractivity contribution in [2.24, 2.45) is 0 Å². The molecule has 6 rings (SSSR count). The number of hydrogen-bond acceptors (Lipinski definition) is 10. The Bertz CT molecular complexity index is 2140. The fraction of sp³-hybridized carbons (Fsp3) is 0.200. The molecule has 0 saturated heterocycles. The third-order valence-corrected chi connectivity index (χ3v) is 8.08. The smallest absolute Gasteiger partial charge is 0.150 e. The number of aldehydes is 2. The average molecular weight is 749 g/mol. The summed E-state index contributed by atoms with van der Waals surface area (Å²) < 4.78 is 13.0. The van der Waals surface area contributed by atoms with Gasteiger partial charge in [0.1, 0.15) is 29.8 Å². The van der Waals surface area contributed by atoms with Gasteiger partial charge in [-0.15, -0.1) is 0 Å². The molecule has 0 fully saturated rings. The lowest BCUT2D eigenvalue weighted by Crippen LogP contribution is -2.03. The molecule has 0 aliphatic carbocycles. The van der Waals surface area contributed by atoms with Gasteiger partial charge in [0.25, 0.3) is 0 Å². The second-order valence-corrected chi connectivity index (χ2v) is 12.2. The molecule has 2 N–H and O–H groups in total. The van der Waals surface area contributed by atoms with Crippen molar-refractivity contribution >= 4 is 18.3 Å². The maximum atomic E-state index is 10.3. The lowest BCUT2D eigenvalue weighted by molar-refractivity contribution is 0.111. The summed E-state index contributed by atoms with van der Waals surface area (Å²) in [5, 5.41) is 33.9. The van der Waals surface area contributed by atoms with Gasteiger partial charge < -0.3 is 19.9 Å². The Hall–Kier alpha value is -7.24. The minimum Gasteiger partial charge on any atom is -0.508 e. The number of nitrogens with one attached hydrogen (secondary N) is 1. The highest BCUT2D eigenvalue weighted by Crippen LogP contribution is 2.23. The number of ether oxygens (including phenoxy) is 2. The molecule has 2 aromatic heterocycles. The lowest BCUT2D eigenvalue weighted by atomic mass is 10.2. The van der Waals surface area contributed by atoms with Crippen molar-refractivity contribution in [2.75, 3.05) is 18.5 Å². The summed E-state index contributed by atoms with van der Waals surface area (Å²) in [5.74, 6) is 1.74. The number of nitriles is 2. The van der Waals surface area contributed by atoms with Crippen LogP contribution in [-0.4, -0.2) is 45.7 Å². The van der Waals surface area contributed by atoms with Crippen molar-refractivity contribution in [3.63, 3.8) is 0 Å². The molecule has 0 aliphatic rings. The van der Waals surface area contributed by atoms with E-state index in [1.54, 1.807) is 42.6 Å². The van der Waals surface area contributed by atoms with E-state index in [1.807, 2.05) is 41.2 Å². The summed E-state index contributed by atoms with van der Waals surface area (Å²) in [4.78, 5) is 24.6. The molecule has 0 atom stereocenters. The number of aromatic nitrogens is 3. The zero-order valence-corrected chi connectivity index (χ0v) is 31.3. The largest absolute Gasteiger partial charge is 0.508 e. The SMILES string of the molecule is CCc1cc(-c2cccnc2)nn1-c1ccc(NCc2ccc(OCCCC#N)cc2)cc1.N#CCCCOc1ccc(C=O)cc1.O=Cc1ccc(O)cc1. The van der Waals surface area contributed by atoms with Crippen LogP contribution in [-0.2, 0) is 13.0 Å². The minimum absolute atomic E-state index is 0.181. The maximum Gasteiger partial charge on any atom is 0.150 e. The van der Waals surface area contributed by atoms with Crippen LogP contribution in [0.4, 0.5) is 5.69 Å². The molecule has 2 heterocycles. The molecule has 0 spiro atoms. The molecule has 0 radical (unpaired) electrons. The van der Waals surface area contributed by atoms with E-state index in [-0.39, 0.29) is 5.75 Å². The molecule has 0 unspecified atom stereocenters. The highest BCUT2D eigenvalue weighted by Gasteiger charge is 2.10. The number of rotatable bonds is 16. The Kier molecular flexibility index (Phi) is 17.4. The van der Waals surface area contributed by atoms with Crippen molar-refractivity contribution in [3.05, 3.63) is 150 Å². The number of aromatic hydroxyl groups is 1. The number of carbonyl (C=O) groups excluding carboxylic acids is 2. The average Bonchev–Trinajstić information content (AvgIpc) is 3.70. The summed E-state index contributed by atoms with van der Waals surface area (Å²) in [6.07, 6.45) is 8.54. The number of aryl methyl sites for hydroxylation is 1. The minimum atomic E-state index is 0.181. The number of hydrogen-bond donors (Lipinski definition) is 2. The summed E-state index contributed by atoms with van der Waals surface area (Å²) in [5.41, 5.74) is 7.57. The van der Waals surface area contributed by atoms with Crippen LogP contribution in [0.1, 0.15) is 64.6 Å². The van der Waals surface area contributed by atoms with Crippen LogP contribution in [0.15, 0.2) is 128 Å². The Morgan fingerprint density at radius 3 is 1.86 bits per heavy atom. The van der Waals surface area contributed by atoms with Gasteiger partial charge in [-0.25, -0.2) is 4.68 Å². The van der Waals surface area contributed by atoms with E-state index in [1.165, 1.54) is 17.7 Å². The standard InChI is InChI=1S/C27H27N5O.C11H11NO2.C7H6O2/c1-2-24-18-27(22-6-5-16-29-20-22)31-32(24)25-11-9-23(10-12-25)30-19-21-7-13-26(14-8-21)33-17-4-3-15-28;12-7-1-2-8-14-11-5-3-10(9-13)4-6-11;8-5-6-1-3-7(9)4-2-6/h5-14,16,18,20,30H,2-4,17,19H2,1H3;3-6,9H,1-2,8H2;1-5,9H. The Labute approximate surface area is 327 Å². The molecule has 6 aromatic rings. The van der Waals surface area contributed by atoms with E-state index in [4.69, 9.17) is 30.2 Å². The zero-order valence-electron chi connectivity index (χ0n) is 31.3. The van der Waals surface area contributed by atoms with E-state index < -0.39 is 0 Å². The zero-order chi connectivity index (χ0) is 39.8. The number of phenols is 1. The van der Waals surface area contributed by atoms with Crippen LogP contribution in [0.25, 0.3) is 16.9 Å². The van der Waals surface area contributed by atoms with Gasteiger partial charge >= 0.3 is 0 Å². The van der Waals surface area contributed by atoms with Crippen LogP contribution < -0.4 is 14.8 Å². The molecule has 0 aliphatic heterocycles. The number of carbonyl (C=O) groups is 2. The molecule has 11 heteroatoms. The number of pyridine rings is 1. The van der Waals surface area contributed by atoms with Gasteiger partial charge in [0.2, 0.25) is 0 Å². The van der Waals surface area contributed by atoms with E-state index in [0.29, 0.717) is 37.2 Å². The van der Waals surface area contributed by atoms with Crippen molar-refractivity contribution in [2.45, 2.75) is 45.6 Å². The fourth-order valence-electron chi connectivity index (χ4n) is 5.06. The van der Waals surface area contributed by atoms with E-state index in [0.717, 1.165) is 78.2 Å². The summed E-state index contributed by atoms with van der Waals surface area (Å²) in [6, 6.07) is 39.6. The predicted octanol–water partition coefficient (Wildman–Crippen LogP) is 9.18. The van der Waals surface area contributed by atoms with Gasteiger partial charge in [-0.2, -0.15) is 15.6 Å². The molecule has 284 valence electrons. The van der Waals surface area contributed by atoms with Crippen molar-refractivity contribution < 1.29 is 24.2 Å². The van der Waals surface area contributed by atoms with Gasteiger partial charge in [-0.05, 0) is 128 Å². The van der Waals surface area contributed by atoms with Gasteiger partial charge in [-0.3, -0.25) is 14.6 Å². The van der Waals surface area contributed by atoms with Gasteiger partial charge in [0.15, 0.2) is 0 Å². The van der Waals surface area contributed by atoms with Gasteiger partial charge in [0.05, 0.1) is 36.7 Å². The quantitative estimate of drug-likeness (QED) is 0.0721. The molecule has 11 nitrogen and oxygen atoms in total. The molecule has 0 amide bonds. The predicted molar refractivity (Wildman–Crippen MR) is 216 cm³/mol. The van der Waals surface area contributed by atoms with E-state index >= 15 is 0 Å². The highest BCUT2D eigenvalue weighted by atomic mass is 16.5. The first-order valence-corrected chi connectivity index (χ1v) is 18.2. The normalized spacial score (nSPS) is 9.91. The van der Waals surface area contributed by atoms with Crippen LogP contribution in [0.5, 0.6) is 17.2 Å². The second-order valence-electron chi connectivity index (χ2n) is 12.2. The number of unbranched alkanes of at least 4 members (excludes halogenated alkanes) is 2. The van der Waals surface area contributed by atoms with Crippen molar-refractivity contribution in [3.8, 4) is 46.3 Å². The third kappa shape index (κ3) is 14.0. The van der Waals surface area contributed by atoms with Gasteiger partial charge in [0, 0.05) is 59.9 Å². The Balaban J connectivity index is 0.000000247. The highest BCUT2D eigenvalue weighted by molar-refractivity contribution is 5.75. The summed E-state index contributed by atoms with van der Waals surface area (Å²) in [7, 11) is 0. The Morgan fingerprint density at radius 1 is 0.768 bits per heavy atom. The van der Waals surface area contributed by atoms with Crippen LogP contribution in [0, 0.1) is 22.7 Å². The first kappa shape index (κ1) is 41.5. The number of nitrogens with zero attached hydrogens (tertiary/aromatic N) is 5. The Morgan fingerprint density at radius 2 is 1.34 bits per heavy atom. The number of anilines is 1. The number of benzene rings is 4. The van der Waals surface area contributed by atoms with Crippen LogP contribution in [0.3, 0.4) is 0 Å². The van der Waals surface area contributed by atoms with Crippen LogP contribution in [0.2, 0.25) is 0 Å². The molecular formula is C45H44N6O5. The summed E-state index contributed by atoms with van der Waals surface area (Å²) in [6.45, 7) is 3.96. The van der Waals surface area contributed by atoms with Crippen LogP contribution >= 0.6 is 0 Å². The topological polar surface area (TPSA) is 163 Å². The van der Waals surface area contributed by atoms with Crippen molar-refractivity contribution in [1.82, 2.24) is 14.8 Å². The molecule has 4 aromatic carbocycles. The maximum absolute atomic E-state index is 10.3. The lowest BCUT2D eigenvalue weighted by Gasteiger charge is -2.10. The molecular weight excluding hydrogens is 705 g/mol. The molecule has 0 saturated carbocycles. The van der Waals surface area contributed by atoms with E-state index in [9.17, 15) is 9.59 Å². The molecule has 56 heavy (non-hydrogen) atoms. The monoisotopic (exact) mass is 748 g/mol. The third-order valence-electron chi connectivity index (χ3n) is 8.08. The first-order chi connectivity index (χ1) is 27.5.